The van der Waals surface area contributed by atoms with Gasteiger partial charge in [-0.1, -0.05) is 22.0 Å². The zero-order valence-corrected chi connectivity index (χ0v) is 9.87. The van der Waals surface area contributed by atoms with E-state index in [9.17, 15) is 4.79 Å². The second-order valence-corrected chi connectivity index (χ2v) is 4.21. The molecule has 3 heteroatoms. The summed E-state index contributed by atoms with van der Waals surface area (Å²) in [6.45, 7) is 3.46. The third-order valence-electron chi connectivity index (χ3n) is 1.71. The lowest BCUT2D eigenvalue weighted by Crippen LogP contribution is -2.15. The molecule has 1 aromatic carbocycles. The van der Waals surface area contributed by atoms with E-state index in [4.69, 9.17) is 4.74 Å². The van der Waals surface area contributed by atoms with Gasteiger partial charge in [0.25, 0.3) is 0 Å². The van der Waals surface area contributed by atoms with Crippen molar-refractivity contribution in [2.75, 3.05) is 0 Å². The third-order valence-corrected chi connectivity index (χ3v) is 2.20. The van der Waals surface area contributed by atoms with Gasteiger partial charge in [-0.3, -0.25) is 4.79 Å². The molecule has 0 radical (unpaired) electrons. The van der Waals surface area contributed by atoms with E-state index in [1.54, 1.807) is 6.92 Å². The Labute approximate surface area is 92.4 Å². The van der Waals surface area contributed by atoms with E-state index in [1.165, 1.54) is 0 Å². The zero-order chi connectivity index (χ0) is 10.6. The first-order valence-corrected chi connectivity index (χ1v) is 5.29. The number of ether oxygens (including phenoxy) is 1. The van der Waals surface area contributed by atoms with Crippen LogP contribution in [-0.2, 0) is 4.79 Å². The summed E-state index contributed by atoms with van der Waals surface area (Å²) >= 11 is 3.36. The van der Waals surface area contributed by atoms with Crippen LogP contribution >= 0.6 is 15.9 Å². The van der Waals surface area contributed by atoms with Crippen LogP contribution in [0.5, 0.6) is 5.75 Å². The fourth-order valence-corrected chi connectivity index (χ4v) is 1.60. The van der Waals surface area contributed by atoms with Crippen LogP contribution in [0.25, 0.3) is 0 Å². The molecule has 0 saturated heterocycles. The summed E-state index contributed by atoms with van der Waals surface area (Å²) in [7, 11) is 0. The first kappa shape index (κ1) is 11.2. The second kappa shape index (κ2) is 5.15. The minimum Gasteiger partial charge on any atom is -0.490 e. The van der Waals surface area contributed by atoms with Crippen molar-refractivity contribution >= 4 is 21.7 Å². The lowest BCUT2D eigenvalue weighted by atomic mass is 10.2. The van der Waals surface area contributed by atoms with Gasteiger partial charge in [0, 0.05) is 10.9 Å². The van der Waals surface area contributed by atoms with Crippen LogP contribution in [0.2, 0.25) is 0 Å². The maximum absolute atomic E-state index is 10.8. The van der Waals surface area contributed by atoms with Crippen molar-refractivity contribution in [3.05, 3.63) is 28.7 Å². The Kier molecular flexibility index (Phi) is 4.14. The Morgan fingerprint density at radius 2 is 2.29 bits per heavy atom. The predicted molar refractivity (Wildman–Crippen MR) is 59.5 cm³/mol. The van der Waals surface area contributed by atoms with Gasteiger partial charge in [0.2, 0.25) is 0 Å². The minimum absolute atomic E-state index is 0.0678. The van der Waals surface area contributed by atoms with Crippen LogP contribution in [0, 0.1) is 0 Å². The average Bonchev–Trinajstić information content (AvgIpc) is 2.01. The Bertz CT molecular complexity index is 323. The summed E-state index contributed by atoms with van der Waals surface area (Å²) < 4.78 is 6.53. The van der Waals surface area contributed by atoms with E-state index in [0.717, 1.165) is 10.2 Å². The molecule has 0 bridgehead atoms. The topological polar surface area (TPSA) is 26.3 Å². The largest absolute Gasteiger partial charge is 0.490 e. The van der Waals surface area contributed by atoms with Crippen molar-refractivity contribution in [3.63, 3.8) is 0 Å². The van der Waals surface area contributed by atoms with E-state index in [-0.39, 0.29) is 11.9 Å². The molecule has 14 heavy (non-hydrogen) atoms. The number of carbonyl (C=O) groups excluding carboxylic acids is 1. The van der Waals surface area contributed by atoms with E-state index < -0.39 is 0 Å². The molecule has 0 N–H and O–H groups in total. The maximum Gasteiger partial charge on any atom is 0.133 e. The number of benzene rings is 1. The SMILES string of the molecule is CC(=O)CC(C)Oc1cccc(Br)c1. The quantitative estimate of drug-likeness (QED) is 0.827. The summed E-state index contributed by atoms with van der Waals surface area (Å²) in [5, 5.41) is 0. The average molecular weight is 257 g/mol. The molecule has 0 aliphatic rings. The molecule has 0 fully saturated rings. The van der Waals surface area contributed by atoms with Gasteiger partial charge in [-0.25, -0.2) is 0 Å². The molecule has 0 aromatic heterocycles. The Morgan fingerprint density at radius 1 is 1.57 bits per heavy atom. The molecule has 1 unspecified atom stereocenters. The Hall–Kier alpha value is -0.830. The molecular weight excluding hydrogens is 244 g/mol. The van der Waals surface area contributed by atoms with Crippen molar-refractivity contribution in [1.82, 2.24) is 0 Å². The van der Waals surface area contributed by atoms with Gasteiger partial charge in [0.15, 0.2) is 0 Å². The van der Waals surface area contributed by atoms with Crippen molar-refractivity contribution in [2.45, 2.75) is 26.4 Å². The van der Waals surface area contributed by atoms with E-state index in [0.29, 0.717) is 6.42 Å². The fraction of sp³-hybridized carbons (Fsp3) is 0.364. The monoisotopic (exact) mass is 256 g/mol. The number of ketones is 1. The smallest absolute Gasteiger partial charge is 0.133 e. The molecule has 1 rings (SSSR count). The molecular formula is C11H13BrO2. The van der Waals surface area contributed by atoms with Crippen molar-refractivity contribution < 1.29 is 9.53 Å². The van der Waals surface area contributed by atoms with Crippen molar-refractivity contribution in [3.8, 4) is 5.75 Å². The third kappa shape index (κ3) is 3.92. The number of halogens is 1. The number of Topliss-reactive ketones (excluding diaryl/α,β-unsaturated/α-hetero) is 1. The van der Waals surface area contributed by atoms with Crippen LogP contribution < -0.4 is 4.74 Å². The van der Waals surface area contributed by atoms with Crippen LogP contribution in [0.15, 0.2) is 28.7 Å². The molecule has 0 saturated carbocycles. The number of rotatable bonds is 4. The first-order chi connectivity index (χ1) is 6.58. The molecule has 0 aliphatic carbocycles. The number of hydrogen-bond donors (Lipinski definition) is 0. The lowest BCUT2D eigenvalue weighted by Gasteiger charge is -2.13. The highest BCUT2D eigenvalue weighted by molar-refractivity contribution is 9.10. The molecule has 0 aliphatic heterocycles. The predicted octanol–water partition coefficient (Wildman–Crippen LogP) is 3.20. The van der Waals surface area contributed by atoms with Crippen molar-refractivity contribution in [2.24, 2.45) is 0 Å². The highest BCUT2D eigenvalue weighted by Crippen LogP contribution is 2.19. The lowest BCUT2D eigenvalue weighted by molar-refractivity contribution is -0.118. The number of carbonyl (C=O) groups is 1. The standard InChI is InChI=1S/C11H13BrO2/c1-8(13)6-9(2)14-11-5-3-4-10(12)7-11/h3-5,7,9H,6H2,1-2H3. The number of hydrogen-bond acceptors (Lipinski definition) is 2. The summed E-state index contributed by atoms with van der Waals surface area (Å²) in [5.41, 5.74) is 0. The maximum atomic E-state index is 10.8. The molecule has 1 atom stereocenters. The fourth-order valence-electron chi connectivity index (χ4n) is 1.22. The Morgan fingerprint density at radius 3 is 2.86 bits per heavy atom. The van der Waals surface area contributed by atoms with E-state index >= 15 is 0 Å². The van der Waals surface area contributed by atoms with Gasteiger partial charge in [0.05, 0.1) is 0 Å². The zero-order valence-electron chi connectivity index (χ0n) is 8.29. The molecule has 2 nitrogen and oxygen atoms in total. The molecule has 0 spiro atoms. The highest BCUT2D eigenvalue weighted by atomic mass is 79.9. The molecule has 76 valence electrons. The first-order valence-electron chi connectivity index (χ1n) is 4.49. The summed E-state index contributed by atoms with van der Waals surface area (Å²) in [6.07, 6.45) is 0.383. The second-order valence-electron chi connectivity index (χ2n) is 3.29. The summed E-state index contributed by atoms with van der Waals surface area (Å²) in [4.78, 5) is 10.8. The summed E-state index contributed by atoms with van der Waals surface area (Å²) in [5.74, 6) is 0.931. The Balaban J connectivity index is 2.55. The summed E-state index contributed by atoms with van der Waals surface area (Å²) in [6, 6.07) is 7.60. The van der Waals surface area contributed by atoms with Crippen LogP contribution in [0.3, 0.4) is 0 Å². The molecule has 1 aromatic rings. The van der Waals surface area contributed by atoms with Gasteiger partial charge in [-0.15, -0.1) is 0 Å². The van der Waals surface area contributed by atoms with Crippen LogP contribution in [0.4, 0.5) is 0 Å². The van der Waals surface area contributed by atoms with Gasteiger partial charge in [-0.2, -0.15) is 0 Å². The normalized spacial score (nSPS) is 12.2. The van der Waals surface area contributed by atoms with Gasteiger partial charge in [-0.05, 0) is 32.0 Å². The minimum atomic E-state index is -0.0678. The van der Waals surface area contributed by atoms with Crippen LogP contribution in [-0.4, -0.2) is 11.9 Å². The highest BCUT2D eigenvalue weighted by Gasteiger charge is 2.06. The van der Waals surface area contributed by atoms with E-state index in [2.05, 4.69) is 15.9 Å². The van der Waals surface area contributed by atoms with Gasteiger partial charge >= 0.3 is 0 Å². The van der Waals surface area contributed by atoms with Gasteiger partial charge in [0.1, 0.15) is 17.6 Å². The van der Waals surface area contributed by atoms with Crippen LogP contribution in [0.1, 0.15) is 20.3 Å². The molecule has 0 amide bonds. The molecule has 0 heterocycles. The van der Waals surface area contributed by atoms with Crippen molar-refractivity contribution in [1.29, 1.82) is 0 Å². The van der Waals surface area contributed by atoms with Gasteiger partial charge < -0.3 is 4.74 Å². The van der Waals surface area contributed by atoms with E-state index in [1.807, 2.05) is 31.2 Å².